The molecule has 1 unspecified atom stereocenters. The highest BCUT2D eigenvalue weighted by molar-refractivity contribution is 7.12. The van der Waals surface area contributed by atoms with Gasteiger partial charge in [-0.2, -0.15) is 0 Å². The van der Waals surface area contributed by atoms with Crippen LogP contribution in [0.15, 0.2) is 36.4 Å². The zero-order chi connectivity index (χ0) is 14.8. The number of benzene rings is 1. The Balaban J connectivity index is 2.18. The molecule has 3 heteroatoms. The molecular formula is C17H22FNS. The zero-order valence-corrected chi connectivity index (χ0v) is 13.4. The number of rotatable bonds is 4. The predicted octanol–water partition coefficient (Wildman–Crippen LogP) is 4.69. The molecule has 20 heavy (non-hydrogen) atoms. The third-order valence-corrected chi connectivity index (χ3v) is 5.01. The number of hydrogen-bond donors (Lipinski definition) is 1. The molecule has 0 fully saturated rings. The normalized spacial score (nSPS) is 13.4. The van der Waals surface area contributed by atoms with Crippen molar-refractivity contribution in [2.24, 2.45) is 0 Å². The van der Waals surface area contributed by atoms with Crippen molar-refractivity contribution in [2.75, 3.05) is 7.05 Å². The van der Waals surface area contributed by atoms with Gasteiger partial charge in [0, 0.05) is 15.8 Å². The molecular weight excluding hydrogens is 269 g/mol. The first-order chi connectivity index (χ1) is 9.40. The number of nitrogens with one attached hydrogen (secondary N) is 1. The van der Waals surface area contributed by atoms with Gasteiger partial charge in [-0.25, -0.2) is 4.39 Å². The Labute approximate surface area is 124 Å². The second-order valence-electron chi connectivity index (χ2n) is 6.13. The molecule has 0 saturated heterocycles. The molecule has 1 aromatic carbocycles. The highest BCUT2D eigenvalue weighted by Gasteiger charge is 2.19. The average Bonchev–Trinajstić information content (AvgIpc) is 2.85. The Morgan fingerprint density at radius 1 is 1.20 bits per heavy atom. The third-order valence-electron chi connectivity index (χ3n) is 3.39. The van der Waals surface area contributed by atoms with Crippen molar-refractivity contribution in [1.29, 1.82) is 0 Å². The van der Waals surface area contributed by atoms with Gasteiger partial charge in [0.15, 0.2) is 0 Å². The van der Waals surface area contributed by atoms with Crippen molar-refractivity contribution in [3.63, 3.8) is 0 Å². The Morgan fingerprint density at radius 2 is 1.95 bits per heavy atom. The fourth-order valence-electron chi connectivity index (χ4n) is 2.19. The van der Waals surface area contributed by atoms with E-state index in [1.165, 1.54) is 15.8 Å². The van der Waals surface area contributed by atoms with Crippen LogP contribution < -0.4 is 5.32 Å². The highest BCUT2D eigenvalue weighted by Crippen LogP contribution is 2.33. The first-order valence-electron chi connectivity index (χ1n) is 6.92. The van der Waals surface area contributed by atoms with Gasteiger partial charge in [-0.05, 0) is 48.7 Å². The molecule has 1 atom stereocenters. The molecule has 0 aliphatic rings. The van der Waals surface area contributed by atoms with Crippen molar-refractivity contribution in [2.45, 2.75) is 38.6 Å². The molecule has 1 nitrogen and oxygen atoms in total. The topological polar surface area (TPSA) is 12.0 Å². The molecule has 0 aliphatic carbocycles. The fourth-order valence-corrected chi connectivity index (χ4v) is 3.36. The van der Waals surface area contributed by atoms with Gasteiger partial charge >= 0.3 is 0 Å². The summed E-state index contributed by atoms with van der Waals surface area (Å²) in [6.45, 7) is 6.68. The van der Waals surface area contributed by atoms with Crippen LogP contribution in [0.2, 0.25) is 0 Å². The molecule has 0 saturated carbocycles. The minimum absolute atomic E-state index is 0.168. The number of thiophene rings is 1. The van der Waals surface area contributed by atoms with E-state index in [0.29, 0.717) is 0 Å². The Bertz CT molecular complexity index is 568. The largest absolute Gasteiger partial charge is 0.312 e. The van der Waals surface area contributed by atoms with Crippen molar-refractivity contribution in [3.8, 4) is 0 Å². The van der Waals surface area contributed by atoms with Crippen LogP contribution in [0.4, 0.5) is 4.39 Å². The summed E-state index contributed by atoms with van der Waals surface area (Å²) in [5, 5.41) is 3.34. The first-order valence-corrected chi connectivity index (χ1v) is 7.73. The molecule has 1 heterocycles. The van der Waals surface area contributed by atoms with E-state index in [1.807, 2.05) is 24.5 Å². The first kappa shape index (κ1) is 15.2. The third kappa shape index (κ3) is 3.68. The fraction of sp³-hybridized carbons (Fsp3) is 0.412. The summed E-state index contributed by atoms with van der Waals surface area (Å²) in [6.07, 6.45) is 0.804. The maximum Gasteiger partial charge on any atom is 0.123 e. The Kier molecular flexibility index (Phi) is 4.61. The van der Waals surface area contributed by atoms with Gasteiger partial charge in [-0.1, -0.05) is 32.9 Å². The summed E-state index contributed by atoms with van der Waals surface area (Å²) in [5.74, 6) is -0.168. The summed E-state index contributed by atoms with van der Waals surface area (Å²) < 4.78 is 13.3. The van der Waals surface area contributed by atoms with Crippen molar-refractivity contribution < 1.29 is 4.39 Å². The Morgan fingerprint density at radius 3 is 2.50 bits per heavy atom. The van der Waals surface area contributed by atoms with Gasteiger partial charge in [-0.15, -0.1) is 11.3 Å². The molecule has 1 aromatic heterocycles. The molecule has 108 valence electrons. The van der Waals surface area contributed by atoms with E-state index in [-0.39, 0.29) is 17.3 Å². The molecule has 0 spiro atoms. The molecule has 1 N–H and O–H groups in total. The molecule has 2 aromatic rings. The van der Waals surface area contributed by atoms with E-state index >= 15 is 0 Å². The van der Waals surface area contributed by atoms with Crippen LogP contribution in [0.3, 0.4) is 0 Å². The summed E-state index contributed by atoms with van der Waals surface area (Å²) in [7, 11) is 1.96. The van der Waals surface area contributed by atoms with Crippen LogP contribution in [0.1, 0.15) is 42.1 Å². The van der Waals surface area contributed by atoms with Crippen LogP contribution in [0.5, 0.6) is 0 Å². The van der Waals surface area contributed by atoms with Crippen LogP contribution in [-0.2, 0) is 11.8 Å². The summed E-state index contributed by atoms with van der Waals surface area (Å²) >= 11 is 1.84. The van der Waals surface area contributed by atoms with E-state index in [0.717, 1.165) is 12.0 Å². The van der Waals surface area contributed by atoms with Crippen LogP contribution in [0, 0.1) is 5.82 Å². The second-order valence-corrected chi connectivity index (χ2v) is 7.24. The smallest absolute Gasteiger partial charge is 0.123 e. The van der Waals surface area contributed by atoms with Crippen molar-refractivity contribution >= 4 is 11.3 Å². The predicted molar refractivity (Wildman–Crippen MR) is 84.9 cm³/mol. The van der Waals surface area contributed by atoms with Gasteiger partial charge in [0.2, 0.25) is 0 Å². The quantitative estimate of drug-likeness (QED) is 0.862. The van der Waals surface area contributed by atoms with E-state index < -0.39 is 0 Å². The molecule has 2 rings (SSSR count). The number of likely N-dealkylation sites (N-methyl/N-ethyl adjacent to an activating group) is 1. The van der Waals surface area contributed by atoms with E-state index in [1.54, 1.807) is 12.1 Å². The van der Waals surface area contributed by atoms with Gasteiger partial charge in [0.1, 0.15) is 5.82 Å². The second kappa shape index (κ2) is 6.06. The van der Waals surface area contributed by atoms with Gasteiger partial charge in [0.25, 0.3) is 0 Å². The van der Waals surface area contributed by atoms with Crippen molar-refractivity contribution in [3.05, 3.63) is 57.5 Å². The van der Waals surface area contributed by atoms with E-state index in [4.69, 9.17) is 0 Å². The van der Waals surface area contributed by atoms with Crippen LogP contribution >= 0.6 is 11.3 Å². The summed E-state index contributed by atoms with van der Waals surface area (Å²) in [4.78, 5) is 2.69. The summed E-state index contributed by atoms with van der Waals surface area (Å²) in [6, 6.07) is 11.5. The maximum atomic E-state index is 13.3. The minimum Gasteiger partial charge on any atom is -0.312 e. The van der Waals surface area contributed by atoms with Crippen LogP contribution in [0.25, 0.3) is 0 Å². The minimum atomic E-state index is -0.168. The van der Waals surface area contributed by atoms with Crippen molar-refractivity contribution in [1.82, 2.24) is 5.32 Å². The van der Waals surface area contributed by atoms with Gasteiger partial charge in [0.05, 0.1) is 0 Å². The van der Waals surface area contributed by atoms with Gasteiger partial charge < -0.3 is 5.32 Å². The van der Waals surface area contributed by atoms with E-state index in [9.17, 15) is 4.39 Å². The maximum absolute atomic E-state index is 13.3. The molecule has 0 amide bonds. The molecule has 0 aliphatic heterocycles. The standard InChI is InChI=1S/C17H22FNS/c1-17(2,3)16-9-8-15(20-16)14(19-4)11-12-6-5-7-13(18)10-12/h5-10,14,19H,11H2,1-4H3. The molecule has 0 bridgehead atoms. The summed E-state index contributed by atoms with van der Waals surface area (Å²) in [5.41, 5.74) is 1.20. The lowest BCUT2D eigenvalue weighted by atomic mass is 9.95. The van der Waals surface area contributed by atoms with Gasteiger partial charge in [-0.3, -0.25) is 0 Å². The average molecular weight is 291 g/mol. The van der Waals surface area contributed by atoms with E-state index in [2.05, 4.69) is 38.2 Å². The number of hydrogen-bond acceptors (Lipinski definition) is 2. The monoisotopic (exact) mass is 291 g/mol. The SMILES string of the molecule is CNC(Cc1cccc(F)c1)c1ccc(C(C)(C)C)s1. The van der Waals surface area contributed by atoms with Crippen LogP contribution in [-0.4, -0.2) is 7.05 Å². The number of halogens is 1. The zero-order valence-electron chi connectivity index (χ0n) is 12.5. The lowest BCUT2D eigenvalue weighted by Gasteiger charge is -2.17. The Hall–Kier alpha value is -1.19. The lowest BCUT2D eigenvalue weighted by Crippen LogP contribution is -2.17. The highest BCUT2D eigenvalue weighted by atomic mass is 32.1. The lowest BCUT2D eigenvalue weighted by molar-refractivity contribution is 0.592. The molecule has 0 radical (unpaired) electrons.